The number of halogens is 4. The molecular formula is C22H15Cl3FN3O3. The van der Waals surface area contributed by atoms with E-state index in [2.05, 4.69) is 10.4 Å². The first-order valence-corrected chi connectivity index (χ1v) is 10.5. The predicted octanol–water partition coefficient (Wildman–Crippen LogP) is 6.46. The van der Waals surface area contributed by atoms with Gasteiger partial charge in [0.15, 0.2) is 11.6 Å². The summed E-state index contributed by atoms with van der Waals surface area (Å²) in [7, 11) is 0. The minimum atomic E-state index is -0.519. The lowest BCUT2D eigenvalue weighted by Crippen LogP contribution is -2.12. The van der Waals surface area contributed by atoms with Crippen molar-refractivity contribution in [2.24, 2.45) is 0 Å². The largest absolute Gasteiger partial charge is 0.486 e. The molecular weight excluding hydrogens is 480 g/mol. The molecule has 0 saturated carbocycles. The van der Waals surface area contributed by atoms with Crippen LogP contribution in [0.4, 0.5) is 10.2 Å². The molecule has 10 heteroatoms. The molecule has 0 fully saturated rings. The highest BCUT2D eigenvalue weighted by Crippen LogP contribution is 2.25. The molecule has 32 heavy (non-hydrogen) atoms. The zero-order chi connectivity index (χ0) is 22.7. The van der Waals surface area contributed by atoms with E-state index in [0.29, 0.717) is 28.1 Å². The molecule has 0 spiro atoms. The van der Waals surface area contributed by atoms with E-state index in [-0.39, 0.29) is 29.0 Å². The van der Waals surface area contributed by atoms with Crippen molar-refractivity contribution in [1.82, 2.24) is 9.78 Å². The number of carbonyl (C=O) groups is 1. The molecule has 1 amide bonds. The standard InChI is InChI=1S/C22H15Cl3FN3O3/c23-14-2-1-13(18(24)9-14)10-29-11-19(25)21(28-29)27-22(30)20-8-7-17(32-20)12-31-16-5-3-15(26)4-6-16/h1-9,11H,10,12H2,(H,27,28,30). The van der Waals surface area contributed by atoms with Crippen molar-refractivity contribution < 1.29 is 18.3 Å². The van der Waals surface area contributed by atoms with Crippen molar-refractivity contribution in [3.05, 3.63) is 98.8 Å². The van der Waals surface area contributed by atoms with Gasteiger partial charge in [0.25, 0.3) is 5.91 Å². The number of nitrogens with zero attached hydrogens (tertiary/aromatic N) is 2. The number of benzene rings is 2. The fraction of sp³-hybridized carbons (Fsp3) is 0.0909. The SMILES string of the molecule is O=C(Nc1nn(Cc2ccc(Cl)cc2Cl)cc1Cl)c1ccc(COc2ccc(F)cc2)o1. The number of nitrogens with one attached hydrogen (secondary N) is 1. The number of rotatable bonds is 7. The Morgan fingerprint density at radius 1 is 1.06 bits per heavy atom. The molecule has 164 valence electrons. The van der Waals surface area contributed by atoms with E-state index >= 15 is 0 Å². The molecule has 0 unspecified atom stereocenters. The van der Waals surface area contributed by atoms with Gasteiger partial charge in [-0.25, -0.2) is 4.39 Å². The van der Waals surface area contributed by atoms with Crippen LogP contribution >= 0.6 is 34.8 Å². The van der Waals surface area contributed by atoms with Gasteiger partial charge in [-0.3, -0.25) is 9.48 Å². The monoisotopic (exact) mass is 493 g/mol. The van der Waals surface area contributed by atoms with Crippen LogP contribution in [0, 0.1) is 5.82 Å². The van der Waals surface area contributed by atoms with Gasteiger partial charge in [0.1, 0.15) is 29.0 Å². The first-order chi connectivity index (χ1) is 15.4. The second kappa shape index (κ2) is 9.65. The van der Waals surface area contributed by atoms with Gasteiger partial charge in [0.2, 0.25) is 0 Å². The summed E-state index contributed by atoms with van der Waals surface area (Å²) in [4.78, 5) is 12.5. The molecule has 0 aliphatic rings. The lowest BCUT2D eigenvalue weighted by atomic mass is 10.2. The van der Waals surface area contributed by atoms with E-state index in [9.17, 15) is 9.18 Å². The average molecular weight is 495 g/mol. The van der Waals surface area contributed by atoms with Crippen LogP contribution in [0.5, 0.6) is 5.75 Å². The summed E-state index contributed by atoms with van der Waals surface area (Å²) in [6.45, 7) is 0.424. The fourth-order valence-electron chi connectivity index (χ4n) is 2.82. The highest BCUT2D eigenvalue weighted by atomic mass is 35.5. The van der Waals surface area contributed by atoms with Gasteiger partial charge in [-0.2, -0.15) is 5.10 Å². The van der Waals surface area contributed by atoms with Crippen LogP contribution < -0.4 is 10.1 Å². The zero-order valence-corrected chi connectivity index (χ0v) is 18.6. The molecule has 6 nitrogen and oxygen atoms in total. The number of aromatic nitrogens is 2. The van der Waals surface area contributed by atoms with Crippen molar-refractivity contribution in [2.75, 3.05) is 5.32 Å². The summed E-state index contributed by atoms with van der Waals surface area (Å²) < 4.78 is 25.5. The van der Waals surface area contributed by atoms with E-state index in [4.69, 9.17) is 44.0 Å². The Morgan fingerprint density at radius 3 is 2.59 bits per heavy atom. The van der Waals surface area contributed by atoms with Crippen LogP contribution in [0.2, 0.25) is 15.1 Å². The van der Waals surface area contributed by atoms with Gasteiger partial charge < -0.3 is 14.5 Å². The van der Waals surface area contributed by atoms with Gasteiger partial charge in [0, 0.05) is 16.2 Å². The summed E-state index contributed by atoms with van der Waals surface area (Å²) >= 11 is 18.3. The summed E-state index contributed by atoms with van der Waals surface area (Å²) in [5, 5.41) is 8.20. The number of hydrogen-bond acceptors (Lipinski definition) is 4. The maximum Gasteiger partial charge on any atom is 0.292 e. The van der Waals surface area contributed by atoms with Crippen LogP contribution in [-0.4, -0.2) is 15.7 Å². The number of ether oxygens (including phenoxy) is 1. The van der Waals surface area contributed by atoms with Crippen molar-refractivity contribution >= 4 is 46.5 Å². The molecule has 2 aromatic heterocycles. The third kappa shape index (κ3) is 5.43. The van der Waals surface area contributed by atoms with Crippen molar-refractivity contribution in [3.8, 4) is 5.75 Å². The molecule has 0 aliphatic heterocycles. The molecule has 0 aliphatic carbocycles. The second-order valence-corrected chi connectivity index (χ2v) is 7.97. The Labute approximate surface area is 197 Å². The predicted molar refractivity (Wildman–Crippen MR) is 120 cm³/mol. The maximum absolute atomic E-state index is 12.9. The number of hydrogen-bond donors (Lipinski definition) is 1. The lowest BCUT2D eigenvalue weighted by molar-refractivity contribution is 0.0992. The second-order valence-electron chi connectivity index (χ2n) is 6.72. The molecule has 4 rings (SSSR count). The molecule has 0 bridgehead atoms. The number of furan rings is 1. The molecule has 0 radical (unpaired) electrons. The Kier molecular flexibility index (Phi) is 6.69. The normalized spacial score (nSPS) is 10.9. The lowest BCUT2D eigenvalue weighted by Gasteiger charge is -2.05. The summed E-state index contributed by atoms with van der Waals surface area (Å²) in [5.74, 6) is 0.276. The first-order valence-electron chi connectivity index (χ1n) is 9.33. The van der Waals surface area contributed by atoms with Crippen LogP contribution in [-0.2, 0) is 13.2 Å². The van der Waals surface area contributed by atoms with E-state index in [1.807, 2.05) is 0 Å². The van der Waals surface area contributed by atoms with Gasteiger partial charge in [-0.15, -0.1) is 0 Å². The minimum absolute atomic E-state index is 0.0640. The highest BCUT2D eigenvalue weighted by Gasteiger charge is 2.16. The minimum Gasteiger partial charge on any atom is -0.486 e. The quantitative estimate of drug-likeness (QED) is 0.320. The topological polar surface area (TPSA) is 69.3 Å². The van der Waals surface area contributed by atoms with Gasteiger partial charge in [-0.1, -0.05) is 40.9 Å². The fourth-order valence-corrected chi connectivity index (χ4v) is 3.49. The van der Waals surface area contributed by atoms with Gasteiger partial charge in [0.05, 0.1) is 6.54 Å². The van der Waals surface area contributed by atoms with Crippen molar-refractivity contribution in [1.29, 1.82) is 0 Å². The molecule has 1 N–H and O–H groups in total. The number of carbonyl (C=O) groups excluding carboxylic acids is 1. The van der Waals surface area contributed by atoms with Gasteiger partial charge in [-0.05, 0) is 54.1 Å². The highest BCUT2D eigenvalue weighted by molar-refractivity contribution is 6.35. The molecule has 2 aromatic carbocycles. The molecule has 2 heterocycles. The summed E-state index contributed by atoms with van der Waals surface area (Å²) in [6.07, 6.45) is 1.58. The Morgan fingerprint density at radius 2 is 1.84 bits per heavy atom. The van der Waals surface area contributed by atoms with Gasteiger partial charge >= 0.3 is 0 Å². The molecule has 0 atom stereocenters. The van der Waals surface area contributed by atoms with Crippen molar-refractivity contribution in [3.63, 3.8) is 0 Å². The average Bonchev–Trinajstić information content (AvgIpc) is 3.36. The first kappa shape index (κ1) is 22.2. The molecule has 0 saturated heterocycles. The smallest absolute Gasteiger partial charge is 0.292 e. The summed E-state index contributed by atoms with van der Waals surface area (Å²) in [5.41, 5.74) is 0.796. The Hall–Kier alpha value is -3.00. The zero-order valence-electron chi connectivity index (χ0n) is 16.3. The number of amides is 1. The summed E-state index contributed by atoms with van der Waals surface area (Å²) in [6, 6.07) is 13.9. The van der Waals surface area contributed by atoms with Crippen LogP contribution in [0.1, 0.15) is 21.9 Å². The third-order valence-corrected chi connectivity index (χ3v) is 5.24. The maximum atomic E-state index is 12.9. The Balaban J connectivity index is 1.38. The van der Waals surface area contributed by atoms with E-state index < -0.39 is 5.91 Å². The van der Waals surface area contributed by atoms with Crippen LogP contribution in [0.3, 0.4) is 0 Å². The molecule has 4 aromatic rings. The van der Waals surface area contributed by atoms with E-state index in [1.54, 1.807) is 35.1 Å². The van der Waals surface area contributed by atoms with Crippen LogP contribution in [0.15, 0.2) is 65.2 Å². The van der Waals surface area contributed by atoms with E-state index in [1.165, 1.54) is 30.3 Å². The Bertz CT molecular complexity index is 1260. The van der Waals surface area contributed by atoms with E-state index in [0.717, 1.165) is 5.56 Å². The third-order valence-electron chi connectivity index (χ3n) is 4.38. The van der Waals surface area contributed by atoms with Crippen LogP contribution in [0.25, 0.3) is 0 Å². The number of anilines is 1. The van der Waals surface area contributed by atoms with Crippen molar-refractivity contribution in [2.45, 2.75) is 13.2 Å².